The second-order valence-corrected chi connectivity index (χ2v) is 7.04. The van der Waals surface area contributed by atoms with Crippen LogP contribution in [0.25, 0.3) is 5.69 Å². The lowest BCUT2D eigenvalue weighted by molar-refractivity contribution is 0.0999. The Morgan fingerprint density at radius 2 is 2.00 bits per heavy atom. The Balaban J connectivity index is 2.78. The Kier molecular flexibility index (Phi) is 4.60. The number of aromatic nitrogens is 2. The first-order valence-electron chi connectivity index (χ1n) is 6.70. The van der Waals surface area contributed by atoms with Gasteiger partial charge < -0.3 is 20.8 Å². The molecule has 2 aromatic rings. The fourth-order valence-electron chi connectivity index (χ4n) is 2.11. The summed E-state index contributed by atoms with van der Waals surface area (Å²) in [5.74, 6) is -1.10. The molecular formula is C14H17N5O4S. The van der Waals surface area contributed by atoms with Gasteiger partial charge in [0.1, 0.15) is 5.75 Å². The highest BCUT2D eigenvalue weighted by atomic mass is 32.2. The number of sulfone groups is 1. The maximum Gasteiger partial charge on any atom is 0.283 e. The van der Waals surface area contributed by atoms with Gasteiger partial charge in [0, 0.05) is 18.5 Å². The lowest BCUT2D eigenvalue weighted by Crippen LogP contribution is -2.24. The molecule has 0 radical (unpaired) electrons. The quantitative estimate of drug-likeness (QED) is 0.583. The highest BCUT2D eigenvalue weighted by Gasteiger charge is 2.22. The summed E-state index contributed by atoms with van der Waals surface area (Å²) in [6.45, 7) is 1.77. The van der Waals surface area contributed by atoms with Crippen molar-refractivity contribution in [2.75, 3.05) is 13.4 Å². The Morgan fingerprint density at radius 1 is 1.33 bits per heavy atom. The summed E-state index contributed by atoms with van der Waals surface area (Å²) in [5.41, 5.74) is 11.4. The number of imidazole rings is 1. The van der Waals surface area contributed by atoms with Crippen LogP contribution in [-0.2, 0) is 9.84 Å². The number of aliphatic imine (C=N–C) groups is 1. The van der Waals surface area contributed by atoms with Crippen LogP contribution in [0, 0.1) is 6.92 Å². The highest BCUT2D eigenvalue weighted by molar-refractivity contribution is 7.90. The first-order chi connectivity index (χ1) is 11.1. The molecule has 0 unspecified atom stereocenters. The third-order valence-corrected chi connectivity index (χ3v) is 4.26. The zero-order valence-electron chi connectivity index (χ0n) is 13.3. The van der Waals surface area contributed by atoms with Gasteiger partial charge in [-0.05, 0) is 13.0 Å². The van der Waals surface area contributed by atoms with Crippen molar-refractivity contribution >= 4 is 21.7 Å². The third kappa shape index (κ3) is 3.54. The van der Waals surface area contributed by atoms with Gasteiger partial charge in [-0.1, -0.05) is 0 Å². The van der Waals surface area contributed by atoms with E-state index in [1.54, 1.807) is 13.1 Å². The molecule has 0 aliphatic heterocycles. The fourth-order valence-corrected chi connectivity index (χ4v) is 2.99. The Hall–Kier alpha value is -2.88. The lowest BCUT2D eigenvalue weighted by Gasteiger charge is -2.13. The van der Waals surface area contributed by atoms with Gasteiger partial charge in [-0.2, -0.15) is 4.99 Å². The molecule has 0 spiro atoms. The van der Waals surface area contributed by atoms with Crippen LogP contribution in [0.5, 0.6) is 5.75 Å². The van der Waals surface area contributed by atoms with Crippen molar-refractivity contribution in [1.29, 1.82) is 0 Å². The van der Waals surface area contributed by atoms with Gasteiger partial charge in [-0.15, -0.1) is 0 Å². The van der Waals surface area contributed by atoms with Gasteiger partial charge in [-0.25, -0.2) is 13.4 Å². The predicted molar refractivity (Wildman–Crippen MR) is 88.1 cm³/mol. The molecule has 128 valence electrons. The van der Waals surface area contributed by atoms with E-state index in [0.717, 1.165) is 6.26 Å². The highest BCUT2D eigenvalue weighted by Crippen LogP contribution is 2.30. The van der Waals surface area contributed by atoms with Gasteiger partial charge >= 0.3 is 0 Å². The number of nitrogens with zero attached hydrogens (tertiary/aromatic N) is 3. The number of hydrogen-bond donors (Lipinski definition) is 2. The molecule has 24 heavy (non-hydrogen) atoms. The normalized spacial score (nSPS) is 11.1. The lowest BCUT2D eigenvalue weighted by atomic mass is 10.1. The molecule has 1 aromatic carbocycles. The number of guanidine groups is 1. The molecule has 0 fully saturated rings. The number of aryl methyl sites for hydroxylation is 1. The van der Waals surface area contributed by atoms with Gasteiger partial charge in [0.2, 0.25) is 0 Å². The average molecular weight is 351 g/mol. The minimum atomic E-state index is -3.65. The van der Waals surface area contributed by atoms with E-state index in [0.29, 0.717) is 11.4 Å². The van der Waals surface area contributed by atoms with Crippen LogP contribution >= 0.6 is 0 Å². The number of benzene rings is 1. The fraction of sp³-hybridized carbons (Fsp3) is 0.214. The van der Waals surface area contributed by atoms with Crippen LogP contribution < -0.4 is 16.2 Å². The van der Waals surface area contributed by atoms with Gasteiger partial charge in [-0.3, -0.25) is 4.79 Å². The average Bonchev–Trinajstić information content (AvgIpc) is 2.90. The maximum absolute atomic E-state index is 12.2. The van der Waals surface area contributed by atoms with E-state index < -0.39 is 21.7 Å². The molecule has 0 aliphatic carbocycles. The topological polar surface area (TPSA) is 143 Å². The molecular weight excluding hydrogens is 334 g/mol. The Labute approximate surface area is 138 Å². The van der Waals surface area contributed by atoms with E-state index in [-0.39, 0.29) is 16.2 Å². The molecule has 0 atom stereocenters. The molecule has 1 aromatic heterocycles. The van der Waals surface area contributed by atoms with Crippen molar-refractivity contribution in [3.05, 3.63) is 35.9 Å². The zero-order valence-corrected chi connectivity index (χ0v) is 14.2. The number of carbonyl (C=O) groups excluding carboxylic acids is 1. The summed E-state index contributed by atoms with van der Waals surface area (Å²) in [5, 5.41) is 0. The number of nitrogens with two attached hydrogens (primary N) is 2. The number of methoxy groups -OCH3 is 1. The van der Waals surface area contributed by atoms with Crippen LogP contribution in [0.4, 0.5) is 0 Å². The minimum absolute atomic E-state index is 0.0630. The molecule has 2 rings (SSSR count). The van der Waals surface area contributed by atoms with Crippen molar-refractivity contribution < 1.29 is 17.9 Å². The summed E-state index contributed by atoms with van der Waals surface area (Å²) in [6, 6.07) is 2.61. The smallest absolute Gasteiger partial charge is 0.283 e. The number of hydrogen-bond acceptors (Lipinski definition) is 5. The monoisotopic (exact) mass is 351 g/mol. The minimum Gasteiger partial charge on any atom is -0.496 e. The van der Waals surface area contributed by atoms with Crippen LogP contribution in [0.15, 0.2) is 34.5 Å². The number of carbonyl (C=O) groups is 1. The predicted octanol–water partition coefficient (Wildman–Crippen LogP) is 0.00642. The summed E-state index contributed by atoms with van der Waals surface area (Å²) in [7, 11) is -2.30. The number of ether oxygens (including phenoxy) is 1. The van der Waals surface area contributed by atoms with E-state index in [2.05, 4.69) is 9.98 Å². The second kappa shape index (κ2) is 6.32. The van der Waals surface area contributed by atoms with E-state index >= 15 is 0 Å². The van der Waals surface area contributed by atoms with E-state index in [1.165, 1.54) is 30.1 Å². The first-order valence-corrected chi connectivity index (χ1v) is 8.59. The third-order valence-electron chi connectivity index (χ3n) is 3.13. The Morgan fingerprint density at radius 3 is 2.46 bits per heavy atom. The summed E-state index contributed by atoms with van der Waals surface area (Å²) >= 11 is 0. The summed E-state index contributed by atoms with van der Waals surface area (Å²) in [6.07, 6.45) is 4.16. The molecule has 1 heterocycles. The molecule has 0 aliphatic rings. The second-order valence-electron chi connectivity index (χ2n) is 5.06. The summed E-state index contributed by atoms with van der Waals surface area (Å²) < 4.78 is 31.0. The van der Waals surface area contributed by atoms with E-state index in [9.17, 15) is 13.2 Å². The van der Waals surface area contributed by atoms with Gasteiger partial charge in [0.25, 0.3) is 5.91 Å². The van der Waals surface area contributed by atoms with Crippen LogP contribution in [-0.4, -0.2) is 43.2 Å². The first kappa shape index (κ1) is 17.5. The zero-order chi connectivity index (χ0) is 18.1. The van der Waals surface area contributed by atoms with Crippen molar-refractivity contribution in [3.63, 3.8) is 0 Å². The number of rotatable bonds is 4. The van der Waals surface area contributed by atoms with Crippen molar-refractivity contribution in [3.8, 4) is 11.4 Å². The standard InChI is InChI=1S/C14H17N5O4S/c1-8-6-19(7-17-8)10-5-11(23-2)9(13(20)18-14(15)16)4-12(10)24(3,21)22/h4-7H,1-3H3,(H4,15,16,18,20). The summed E-state index contributed by atoms with van der Waals surface area (Å²) in [4.78, 5) is 19.5. The maximum atomic E-state index is 12.2. The van der Waals surface area contributed by atoms with Crippen molar-refractivity contribution in [1.82, 2.24) is 9.55 Å². The molecule has 9 nitrogen and oxygen atoms in total. The van der Waals surface area contributed by atoms with Gasteiger partial charge in [0.05, 0.1) is 35.3 Å². The Bertz CT molecular complexity index is 927. The molecule has 0 saturated carbocycles. The molecule has 10 heteroatoms. The van der Waals surface area contributed by atoms with E-state index in [1.807, 2.05) is 0 Å². The molecule has 0 saturated heterocycles. The largest absolute Gasteiger partial charge is 0.496 e. The van der Waals surface area contributed by atoms with Crippen LogP contribution in [0.1, 0.15) is 16.1 Å². The van der Waals surface area contributed by atoms with Crippen molar-refractivity contribution in [2.45, 2.75) is 11.8 Å². The number of amides is 1. The SMILES string of the molecule is COc1cc(-n2cnc(C)c2)c(S(C)(=O)=O)cc1C(=O)N=C(N)N. The molecule has 4 N–H and O–H groups in total. The van der Waals surface area contributed by atoms with Gasteiger partial charge in [0.15, 0.2) is 15.8 Å². The van der Waals surface area contributed by atoms with Crippen LogP contribution in [0.3, 0.4) is 0 Å². The molecule has 0 bridgehead atoms. The van der Waals surface area contributed by atoms with Crippen LogP contribution in [0.2, 0.25) is 0 Å². The van der Waals surface area contributed by atoms with E-state index in [4.69, 9.17) is 16.2 Å². The molecule has 1 amide bonds. The van der Waals surface area contributed by atoms with Crippen molar-refractivity contribution in [2.24, 2.45) is 16.5 Å².